The molecule has 2 aromatic rings. The van der Waals surface area contributed by atoms with E-state index in [0.29, 0.717) is 11.4 Å². The van der Waals surface area contributed by atoms with Crippen LogP contribution < -0.4 is 10.1 Å². The summed E-state index contributed by atoms with van der Waals surface area (Å²) in [5.41, 5.74) is 0.522. The second kappa shape index (κ2) is 5.97. The van der Waals surface area contributed by atoms with Crippen LogP contribution in [0.4, 0.5) is 10.1 Å². The number of Topliss-reactive ketones (excluding diaryl/α,β-unsaturated/α-hetero) is 1. The molecule has 0 bridgehead atoms. The van der Waals surface area contributed by atoms with Crippen molar-refractivity contribution in [2.75, 3.05) is 12.4 Å². The Kier molecular flexibility index (Phi) is 4.10. The van der Waals surface area contributed by atoms with Gasteiger partial charge in [-0.1, -0.05) is 12.1 Å². The predicted molar refractivity (Wildman–Crippen MR) is 72.4 cm³/mol. The Hall–Kier alpha value is -2.69. The summed E-state index contributed by atoms with van der Waals surface area (Å²) in [5, 5.41) is 2.41. The first-order chi connectivity index (χ1) is 9.61. The van der Waals surface area contributed by atoms with Gasteiger partial charge >= 0.3 is 0 Å². The standard InChI is InChI=1S/C15H12FNO3/c1-20-13-5-3-2-4-12(13)14(18)15(19)17-11-8-6-10(16)7-9-11/h2-9H,1H3,(H,17,19). The third kappa shape index (κ3) is 3.00. The van der Waals surface area contributed by atoms with Gasteiger partial charge in [0.1, 0.15) is 11.6 Å². The second-order valence-corrected chi connectivity index (χ2v) is 3.99. The van der Waals surface area contributed by atoms with Crippen LogP contribution in [0.1, 0.15) is 10.4 Å². The molecule has 0 aliphatic carbocycles. The van der Waals surface area contributed by atoms with E-state index < -0.39 is 17.5 Å². The summed E-state index contributed by atoms with van der Waals surface area (Å²) in [4.78, 5) is 23.9. The minimum absolute atomic E-state index is 0.176. The van der Waals surface area contributed by atoms with Crippen LogP contribution in [-0.4, -0.2) is 18.8 Å². The van der Waals surface area contributed by atoms with Gasteiger partial charge in [-0.15, -0.1) is 0 Å². The lowest BCUT2D eigenvalue weighted by molar-refractivity contribution is -0.112. The molecule has 20 heavy (non-hydrogen) atoms. The molecule has 0 aromatic heterocycles. The predicted octanol–water partition coefficient (Wildman–Crippen LogP) is 2.66. The van der Waals surface area contributed by atoms with Gasteiger partial charge in [-0.25, -0.2) is 4.39 Å². The van der Waals surface area contributed by atoms with Crippen molar-refractivity contribution in [1.82, 2.24) is 0 Å². The number of rotatable bonds is 4. The Balaban J connectivity index is 2.16. The van der Waals surface area contributed by atoms with Crippen molar-refractivity contribution in [1.29, 1.82) is 0 Å². The maximum Gasteiger partial charge on any atom is 0.296 e. The highest BCUT2D eigenvalue weighted by Gasteiger charge is 2.19. The largest absolute Gasteiger partial charge is 0.496 e. The topological polar surface area (TPSA) is 55.4 Å². The number of carbonyl (C=O) groups is 2. The Morgan fingerprint density at radius 1 is 1.05 bits per heavy atom. The van der Waals surface area contributed by atoms with Gasteiger partial charge in [0.15, 0.2) is 0 Å². The van der Waals surface area contributed by atoms with Gasteiger partial charge in [-0.3, -0.25) is 9.59 Å². The maximum absolute atomic E-state index is 12.8. The van der Waals surface area contributed by atoms with E-state index >= 15 is 0 Å². The summed E-state index contributed by atoms with van der Waals surface area (Å²) >= 11 is 0. The fourth-order valence-corrected chi connectivity index (χ4v) is 1.68. The molecule has 1 N–H and O–H groups in total. The summed E-state index contributed by atoms with van der Waals surface area (Å²) in [6, 6.07) is 11.6. The zero-order valence-corrected chi connectivity index (χ0v) is 10.7. The van der Waals surface area contributed by atoms with E-state index in [4.69, 9.17) is 4.74 Å². The Labute approximate surface area is 115 Å². The van der Waals surface area contributed by atoms with E-state index in [1.807, 2.05) is 0 Å². The third-order valence-corrected chi connectivity index (χ3v) is 2.66. The lowest BCUT2D eigenvalue weighted by Crippen LogP contribution is -2.23. The van der Waals surface area contributed by atoms with Gasteiger partial charge in [0.2, 0.25) is 0 Å². The maximum atomic E-state index is 12.8. The normalized spacial score (nSPS) is 9.90. The van der Waals surface area contributed by atoms with Crippen molar-refractivity contribution in [3.8, 4) is 5.75 Å². The highest BCUT2D eigenvalue weighted by molar-refractivity contribution is 6.47. The van der Waals surface area contributed by atoms with Crippen molar-refractivity contribution in [2.45, 2.75) is 0 Å². The Morgan fingerprint density at radius 3 is 2.35 bits per heavy atom. The number of hydrogen-bond donors (Lipinski definition) is 1. The minimum atomic E-state index is -0.805. The van der Waals surface area contributed by atoms with Crippen LogP contribution in [0.5, 0.6) is 5.75 Å². The number of anilines is 1. The summed E-state index contributed by atoms with van der Waals surface area (Å²) in [7, 11) is 1.42. The SMILES string of the molecule is COc1ccccc1C(=O)C(=O)Nc1ccc(F)cc1. The van der Waals surface area contributed by atoms with Gasteiger partial charge in [0.25, 0.3) is 11.7 Å². The van der Waals surface area contributed by atoms with Crippen LogP contribution in [0.25, 0.3) is 0 Å². The van der Waals surface area contributed by atoms with E-state index in [0.717, 1.165) is 0 Å². The number of para-hydroxylation sites is 1. The molecule has 0 aliphatic rings. The molecule has 0 radical (unpaired) electrons. The summed E-state index contributed by atoms with van der Waals surface area (Å²) in [6.07, 6.45) is 0. The molecule has 5 heteroatoms. The smallest absolute Gasteiger partial charge is 0.296 e. The third-order valence-electron chi connectivity index (χ3n) is 2.66. The zero-order chi connectivity index (χ0) is 14.5. The van der Waals surface area contributed by atoms with Crippen molar-refractivity contribution in [3.05, 3.63) is 59.9 Å². The van der Waals surface area contributed by atoms with Crippen LogP contribution in [0.3, 0.4) is 0 Å². The average molecular weight is 273 g/mol. The summed E-state index contributed by atoms with van der Waals surface area (Å²) in [6.45, 7) is 0. The van der Waals surface area contributed by atoms with E-state index in [-0.39, 0.29) is 5.56 Å². The Morgan fingerprint density at radius 2 is 1.70 bits per heavy atom. The summed E-state index contributed by atoms with van der Waals surface area (Å²) in [5.74, 6) is -1.61. The lowest BCUT2D eigenvalue weighted by atomic mass is 10.1. The molecular formula is C15H12FNO3. The molecule has 0 unspecified atom stereocenters. The van der Waals surface area contributed by atoms with Crippen LogP contribution >= 0.6 is 0 Å². The molecule has 102 valence electrons. The van der Waals surface area contributed by atoms with Crippen LogP contribution in [0.15, 0.2) is 48.5 Å². The van der Waals surface area contributed by atoms with Crippen LogP contribution in [-0.2, 0) is 4.79 Å². The molecule has 0 heterocycles. The van der Waals surface area contributed by atoms with Crippen molar-refractivity contribution >= 4 is 17.4 Å². The lowest BCUT2D eigenvalue weighted by Gasteiger charge is -2.07. The monoisotopic (exact) mass is 273 g/mol. The fraction of sp³-hybridized carbons (Fsp3) is 0.0667. The molecule has 1 amide bonds. The number of ketones is 1. The zero-order valence-electron chi connectivity index (χ0n) is 10.7. The first kappa shape index (κ1) is 13.7. The van der Waals surface area contributed by atoms with E-state index in [9.17, 15) is 14.0 Å². The van der Waals surface area contributed by atoms with E-state index in [1.165, 1.54) is 37.4 Å². The molecule has 0 saturated carbocycles. The average Bonchev–Trinajstić information content (AvgIpc) is 2.48. The van der Waals surface area contributed by atoms with Gasteiger partial charge < -0.3 is 10.1 Å². The molecule has 0 atom stereocenters. The van der Waals surface area contributed by atoms with Gasteiger partial charge in [0, 0.05) is 5.69 Å². The highest BCUT2D eigenvalue weighted by atomic mass is 19.1. The first-order valence-corrected chi connectivity index (χ1v) is 5.86. The Bertz CT molecular complexity index is 638. The molecule has 0 fully saturated rings. The molecule has 2 rings (SSSR count). The van der Waals surface area contributed by atoms with Crippen molar-refractivity contribution < 1.29 is 18.7 Å². The number of ether oxygens (including phenoxy) is 1. The number of carbonyl (C=O) groups excluding carboxylic acids is 2. The van der Waals surface area contributed by atoms with Crippen molar-refractivity contribution in [3.63, 3.8) is 0 Å². The molecule has 0 spiro atoms. The number of nitrogens with one attached hydrogen (secondary N) is 1. The van der Waals surface area contributed by atoms with Gasteiger partial charge in [-0.2, -0.15) is 0 Å². The van der Waals surface area contributed by atoms with Crippen LogP contribution in [0.2, 0.25) is 0 Å². The van der Waals surface area contributed by atoms with Gasteiger partial charge in [-0.05, 0) is 36.4 Å². The quantitative estimate of drug-likeness (QED) is 0.688. The highest BCUT2D eigenvalue weighted by Crippen LogP contribution is 2.18. The van der Waals surface area contributed by atoms with Crippen molar-refractivity contribution in [2.24, 2.45) is 0 Å². The number of hydrogen-bond acceptors (Lipinski definition) is 3. The molecule has 0 aliphatic heterocycles. The number of benzene rings is 2. The molecule has 4 nitrogen and oxygen atoms in total. The second-order valence-electron chi connectivity index (χ2n) is 3.99. The number of methoxy groups -OCH3 is 1. The fourth-order valence-electron chi connectivity index (χ4n) is 1.68. The van der Waals surface area contributed by atoms with Gasteiger partial charge in [0.05, 0.1) is 12.7 Å². The molecular weight excluding hydrogens is 261 g/mol. The van der Waals surface area contributed by atoms with Crippen LogP contribution in [0, 0.1) is 5.82 Å². The first-order valence-electron chi connectivity index (χ1n) is 5.86. The van der Waals surface area contributed by atoms with E-state index in [1.54, 1.807) is 18.2 Å². The molecule has 2 aromatic carbocycles. The minimum Gasteiger partial charge on any atom is -0.496 e. The van der Waals surface area contributed by atoms with E-state index in [2.05, 4.69) is 5.32 Å². The number of halogens is 1. The number of amides is 1. The molecule has 0 saturated heterocycles. The summed E-state index contributed by atoms with van der Waals surface area (Å²) < 4.78 is 17.8.